The zero-order chi connectivity index (χ0) is 12.3. The monoisotopic (exact) mass is 247 g/mol. The molecule has 4 nitrogen and oxygen atoms in total. The summed E-state index contributed by atoms with van der Waals surface area (Å²) < 4.78 is 1.73. The molecule has 0 aliphatic rings. The number of nitrogens with one attached hydrogen (secondary N) is 1. The van der Waals surface area contributed by atoms with Crippen molar-refractivity contribution in [2.45, 2.75) is 11.4 Å². The lowest BCUT2D eigenvalue weighted by molar-refractivity contribution is 0.0947. The number of carbonyl (C=O) groups excluding carboxylic acids is 1. The van der Waals surface area contributed by atoms with Crippen LogP contribution in [0.5, 0.6) is 0 Å². The van der Waals surface area contributed by atoms with Crippen LogP contribution in [0, 0.1) is 0 Å². The zero-order valence-electron chi connectivity index (χ0n) is 9.42. The second-order valence-electron chi connectivity index (χ2n) is 3.65. The summed E-state index contributed by atoms with van der Waals surface area (Å²) in [7, 11) is 1.84. The summed E-state index contributed by atoms with van der Waals surface area (Å²) in [6.45, 7) is 0.456. The first-order valence-corrected chi connectivity index (χ1v) is 5.66. The molecule has 0 unspecified atom stereocenters. The molecule has 0 saturated heterocycles. The van der Waals surface area contributed by atoms with Crippen molar-refractivity contribution in [2.24, 2.45) is 7.05 Å². The Bertz CT molecular complexity index is 536. The van der Waals surface area contributed by atoms with Crippen LogP contribution in [0.2, 0.25) is 0 Å². The molecule has 2 aromatic rings. The Balaban J connectivity index is 2.04. The molecule has 0 spiro atoms. The van der Waals surface area contributed by atoms with Crippen molar-refractivity contribution in [3.8, 4) is 0 Å². The number of hydrogen-bond donors (Lipinski definition) is 2. The van der Waals surface area contributed by atoms with E-state index in [1.807, 2.05) is 25.2 Å². The highest BCUT2D eigenvalue weighted by Crippen LogP contribution is 2.12. The van der Waals surface area contributed by atoms with Gasteiger partial charge < -0.3 is 5.32 Å². The molecule has 0 atom stereocenters. The van der Waals surface area contributed by atoms with E-state index in [1.54, 1.807) is 23.0 Å². The highest BCUT2D eigenvalue weighted by molar-refractivity contribution is 7.80. The van der Waals surface area contributed by atoms with E-state index >= 15 is 0 Å². The van der Waals surface area contributed by atoms with E-state index in [4.69, 9.17) is 0 Å². The van der Waals surface area contributed by atoms with Gasteiger partial charge in [-0.05, 0) is 18.2 Å². The summed E-state index contributed by atoms with van der Waals surface area (Å²) >= 11 is 4.25. The Hall–Kier alpha value is -1.75. The average Bonchev–Trinajstić information content (AvgIpc) is 2.72. The van der Waals surface area contributed by atoms with Crippen LogP contribution in [0.15, 0.2) is 41.4 Å². The van der Waals surface area contributed by atoms with Gasteiger partial charge in [0.1, 0.15) is 0 Å². The summed E-state index contributed by atoms with van der Waals surface area (Å²) in [4.78, 5) is 12.6. The van der Waals surface area contributed by atoms with Gasteiger partial charge >= 0.3 is 0 Å². The number of benzene rings is 1. The molecule has 0 radical (unpaired) electrons. The lowest BCUT2D eigenvalue weighted by atomic mass is 10.2. The number of thiol groups is 1. The first-order valence-electron chi connectivity index (χ1n) is 5.21. The van der Waals surface area contributed by atoms with Crippen LogP contribution < -0.4 is 5.32 Å². The summed E-state index contributed by atoms with van der Waals surface area (Å²) in [5, 5.41) is 6.87. The normalized spacial score (nSPS) is 10.2. The number of nitrogens with zero attached hydrogens (tertiary/aromatic N) is 2. The second kappa shape index (κ2) is 5.05. The molecule has 1 N–H and O–H groups in total. The maximum atomic E-state index is 11.9. The summed E-state index contributed by atoms with van der Waals surface area (Å²) in [6, 6.07) is 9.08. The van der Waals surface area contributed by atoms with Crippen LogP contribution in [0.1, 0.15) is 16.1 Å². The molecule has 0 saturated carbocycles. The Morgan fingerprint density at radius 1 is 1.41 bits per heavy atom. The molecule has 2 rings (SSSR count). The van der Waals surface area contributed by atoms with Crippen molar-refractivity contribution in [2.75, 3.05) is 0 Å². The number of aryl methyl sites for hydroxylation is 1. The van der Waals surface area contributed by atoms with E-state index in [-0.39, 0.29) is 5.91 Å². The van der Waals surface area contributed by atoms with Crippen molar-refractivity contribution in [3.05, 3.63) is 47.8 Å². The largest absolute Gasteiger partial charge is 0.346 e. The fourth-order valence-corrected chi connectivity index (χ4v) is 1.77. The lowest BCUT2D eigenvalue weighted by Gasteiger charge is -2.07. The molecular formula is C12H13N3OS. The molecule has 1 amide bonds. The molecule has 88 valence electrons. The van der Waals surface area contributed by atoms with Gasteiger partial charge in [0.15, 0.2) is 0 Å². The molecule has 17 heavy (non-hydrogen) atoms. The third-order valence-corrected chi connectivity index (χ3v) is 2.89. The van der Waals surface area contributed by atoms with Crippen molar-refractivity contribution < 1.29 is 4.79 Å². The summed E-state index contributed by atoms with van der Waals surface area (Å²) in [5.41, 5.74) is 1.54. The van der Waals surface area contributed by atoms with Gasteiger partial charge in [-0.1, -0.05) is 12.1 Å². The van der Waals surface area contributed by atoms with Crippen LogP contribution in [-0.4, -0.2) is 15.7 Å². The van der Waals surface area contributed by atoms with E-state index in [9.17, 15) is 4.79 Å². The molecule has 0 aliphatic heterocycles. The van der Waals surface area contributed by atoms with Crippen molar-refractivity contribution in [1.82, 2.24) is 15.1 Å². The number of hydrogen-bond acceptors (Lipinski definition) is 3. The summed E-state index contributed by atoms with van der Waals surface area (Å²) in [5.74, 6) is -0.128. The molecule has 1 aromatic heterocycles. The molecule has 1 aromatic carbocycles. The second-order valence-corrected chi connectivity index (χ2v) is 4.13. The van der Waals surface area contributed by atoms with Gasteiger partial charge in [-0.15, -0.1) is 12.6 Å². The number of rotatable bonds is 3. The Kier molecular flexibility index (Phi) is 3.49. The van der Waals surface area contributed by atoms with E-state index in [0.29, 0.717) is 17.0 Å². The van der Waals surface area contributed by atoms with E-state index in [0.717, 1.165) is 5.69 Å². The van der Waals surface area contributed by atoms with Crippen LogP contribution in [0.25, 0.3) is 0 Å². The number of amides is 1. The van der Waals surface area contributed by atoms with E-state index < -0.39 is 0 Å². The molecule has 5 heteroatoms. The highest BCUT2D eigenvalue weighted by atomic mass is 32.1. The third-order valence-electron chi connectivity index (χ3n) is 2.50. The van der Waals surface area contributed by atoms with Crippen molar-refractivity contribution in [3.63, 3.8) is 0 Å². The molecule has 0 bridgehead atoms. The van der Waals surface area contributed by atoms with Gasteiger partial charge in [0.25, 0.3) is 5.91 Å². The highest BCUT2D eigenvalue weighted by Gasteiger charge is 2.08. The average molecular weight is 247 g/mol. The zero-order valence-corrected chi connectivity index (χ0v) is 10.3. The predicted octanol–water partition coefficient (Wildman–Crippen LogP) is 1.64. The number of carbonyl (C=O) groups is 1. The van der Waals surface area contributed by atoms with Gasteiger partial charge in [-0.3, -0.25) is 9.48 Å². The van der Waals surface area contributed by atoms with Crippen molar-refractivity contribution in [1.29, 1.82) is 0 Å². The molecule has 0 fully saturated rings. The van der Waals surface area contributed by atoms with E-state index in [2.05, 4.69) is 23.0 Å². The van der Waals surface area contributed by atoms with Gasteiger partial charge in [0.2, 0.25) is 0 Å². The van der Waals surface area contributed by atoms with Crippen molar-refractivity contribution >= 4 is 18.5 Å². The lowest BCUT2D eigenvalue weighted by Crippen LogP contribution is -2.24. The van der Waals surface area contributed by atoms with Gasteiger partial charge in [0.05, 0.1) is 17.8 Å². The topological polar surface area (TPSA) is 46.9 Å². The standard InChI is InChI=1S/C12H13N3OS/c1-15-9(6-7-14-15)8-13-12(16)10-4-2-3-5-11(10)17/h2-7,17H,8H2,1H3,(H,13,16). The minimum Gasteiger partial charge on any atom is -0.346 e. The first-order chi connectivity index (χ1) is 8.18. The Morgan fingerprint density at radius 3 is 2.82 bits per heavy atom. The quantitative estimate of drug-likeness (QED) is 0.810. The maximum Gasteiger partial charge on any atom is 0.252 e. The van der Waals surface area contributed by atoms with Crippen LogP contribution >= 0.6 is 12.6 Å². The molecule has 0 aliphatic carbocycles. The number of aromatic nitrogens is 2. The van der Waals surface area contributed by atoms with Gasteiger partial charge in [-0.2, -0.15) is 5.10 Å². The predicted molar refractivity (Wildman–Crippen MR) is 68.1 cm³/mol. The fraction of sp³-hybridized carbons (Fsp3) is 0.167. The smallest absolute Gasteiger partial charge is 0.252 e. The fourth-order valence-electron chi connectivity index (χ4n) is 1.51. The maximum absolute atomic E-state index is 11.9. The molecule has 1 heterocycles. The minimum absolute atomic E-state index is 0.128. The Morgan fingerprint density at radius 2 is 2.18 bits per heavy atom. The third kappa shape index (κ3) is 2.68. The van der Waals surface area contributed by atoms with Gasteiger partial charge in [0, 0.05) is 18.1 Å². The van der Waals surface area contributed by atoms with Crippen LogP contribution in [0.3, 0.4) is 0 Å². The first kappa shape index (κ1) is 11.7. The minimum atomic E-state index is -0.128. The van der Waals surface area contributed by atoms with E-state index in [1.165, 1.54) is 0 Å². The molecular weight excluding hydrogens is 234 g/mol. The Labute approximate surface area is 105 Å². The van der Waals surface area contributed by atoms with Gasteiger partial charge in [-0.25, -0.2) is 0 Å². The summed E-state index contributed by atoms with van der Waals surface area (Å²) in [6.07, 6.45) is 1.70. The van der Waals surface area contributed by atoms with Crippen LogP contribution in [0.4, 0.5) is 0 Å². The SMILES string of the molecule is Cn1nccc1CNC(=O)c1ccccc1S. The van der Waals surface area contributed by atoms with Crippen LogP contribution in [-0.2, 0) is 13.6 Å².